The van der Waals surface area contributed by atoms with Crippen molar-refractivity contribution in [2.24, 2.45) is 0 Å². The van der Waals surface area contributed by atoms with Crippen molar-refractivity contribution in [3.05, 3.63) is 71.5 Å². The van der Waals surface area contributed by atoms with E-state index in [1.165, 1.54) is 22.5 Å². The van der Waals surface area contributed by atoms with Crippen molar-refractivity contribution in [2.45, 2.75) is 11.6 Å². The summed E-state index contributed by atoms with van der Waals surface area (Å²) in [6, 6.07) is 15.2. The lowest BCUT2D eigenvalue weighted by Crippen LogP contribution is -2.49. The molecule has 2 heterocycles. The molecule has 10 heteroatoms. The van der Waals surface area contributed by atoms with E-state index >= 15 is 0 Å². The molecule has 4 rings (SSSR count). The van der Waals surface area contributed by atoms with E-state index < -0.39 is 15.8 Å². The SMILES string of the molecule is O=S(=O)(c1ccccc1F)N1CCN(Cn2ncn(-c3ccccc3)c2=S)CC1. The molecule has 1 saturated heterocycles. The summed E-state index contributed by atoms with van der Waals surface area (Å²) in [4.78, 5) is 1.79. The number of hydrogen-bond acceptors (Lipinski definition) is 5. The quantitative estimate of drug-likeness (QED) is 0.579. The van der Waals surface area contributed by atoms with Gasteiger partial charge in [-0.05, 0) is 36.5 Å². The Morgan fingerprint density at radius 1 is 0.966 bits per heavy atom. The fraction of sp³-hybridized carbons (Fsp3) is 0.263. The second kappa shape index (κ2) is 8.15. The van der Waals surface area contributed by atoms with Gasteiger partial charge in [-0.3, -0.25) is 9.47 Å². The Hall–Kier alpha value is -2.40. The minimum Gasteiger partial charge on any atom is -0.282 e. The van der Waals surface area contributed by atoms with Gasteiger partial charge in [-0.1, -0.05) is 30.3 Å². The zero-order chi connectivity index (χ0) is 20.4. The van der Waals surface area contributed by atoms with Crippen LogP contribution in [0.1, 0.15) is 0 Å². The van der Waals surface area contributed by atoms with Gasteiger partial charge in [0.05, 0.1) is 6.67 Å². The second-order valence-corrected chi connectivity index (χ2v) is 8.98. The number of halogens is 1. The summed E-state index contributed by atoms with van der Waals surface area (Å²) in [5.41, 5.74) is 0.935. The second-order valence-electron chi connectivity index (χ2n) is 6.71. The summed E-state index contributed by atoms with van der Waals surface area (Å²) >= 11 is 5.53. The van der Waals surface area contributed by atoms with Crippen LogP contribution in [0.3, 0.4) is 0 Å². The Kier molecular flexibility index (Phi) is 5.59. The predicted molar refractivity (Wildman–Crippen MR) is 109 cm³/mol. The summed E-state index contributed by atoms with van der Waals surface area (Å²) < 4.78 is 44.8. The van der Waals surface area contributed by atoms with Gasteiger partial charge in [0.1, 0.15) is 17.0 Å². The summed E-state index contributed by atoms with van der Waals surface area (Å²) in [6.07, 6.45) is 1.68. The van der Waals surface area contributed by atoms with Gasteiger partial charge in [-0.2, -0.15) is 9.40 Å². The van der Waals surface area contributed by atoms with E-state index in [1.54, 1.807) is 11.0 Å². The smallest absolute Gasteiger partial charge is 0.246 e. The first-order valence-electron chi connectivity index (χ1n) is 9.14. The van der Waals surface area contributed by atoms with Gasteiger partial charge in [0.2, 0.25) is 14.8 Å². The van der Waals surface area contributed by atoms with Crippen molar-refractivity contribution in [3.63, 3.8) is 0 Å². The maximum atomic E-state index is 13.9. The zero-order valence-electron chi connectivity index (χ0n) is 15.6. The number of piperazine rings is 1. The van der Waals surface area contributed by atoms with Gasteiger partial charge < -0.3 is 0 Å². The van der Waals surface area contributed by atoms with E-state index in [2.05, 4.69) is 10.00 Å². The first-order chi connectivity index (χ1) is 14.0. The molecule has 7 nitrogen and oxygen atoms in total. The molecule has 0 saturated carbocycles. The zero-order valence-corrected chi connectivity index (χ0v) is 17.2. The van der Waals surface area contributed by atoms with Crippen molar-refractivity contribution < 1.29 is 12.8 Å². The highest BCUT2D eigenvalue weighted by molar-refractivity contribution is 7.89. The van der Waals surface area contributed by atoms with Crippen LogP contribution in [0.15, 0.2) is 65.8 Å². The van der Waals surface area contributed by atoms with E-state index in [4.69, 9.17) is 12.2 Å². The third-order valence-corrected chi connectivity index (χ3v) is 7.23. The Balaban J connectivity index is 1.43. The monoisotopic (exact) mass is 433 g/mol. The highest BCUT2D eigenvalue weighted by Crippen LogP contribution is 2.20. The topological polar surface area (TPSA) is 63.4 Å². The first-order valence-corrected chi connectivity index (χ1v) is 11.0. The van der Waals surface area contributed by atoms with Crippen LogP contribution in [0.4, 0.5) is 4.39 Å². The van der Waals surface area contributed by atoms with E-state index in [9.17, 15) is 12.8 Å². The van der Waals surface area contributed by atoms with Crippen LogP contribution in [-0.2, 0) is 16.7 Å². The van der Waals surface area contributed by atoms with Crippen LogP contribution in [-0.4, -0.2) is 58.1 Å². The molecule has 0 radical (unpaired) electrons. The molecular weight excluding hydrogens is 413 g/mol. The molecule has 1 aliphatic rings. The van der Waals surface area contributed by atoms with E-state index in [0.29, 0.717) is 24.5 Å². The number of hydrogen-bond donors (Lipinski definition) is 0. The molecule has 2 aromatic carbocycles. The summed E-state index contributed by atoms with van der Waals surface area (Å²) in [6.45, 7) is 2.04. The van der Waals surface area contributed by atoms with Crippen LogP contribution >= 0.6 is 12.2 Å². The lowest BCUT2D eigenvalue weighted by molar-refractivity contribution is 0.144. The van der Waals surface area contributed by atoms with Crippen LogP contribution in [0.5, 0.6) is 0 Å². The Morgan fingerprint density at radius 2 is 1.62 bits per heavy atom. The number of nitrogens with zero attached hydrogens (tertiary/aromatic N) is 5. The summed E-state index contributed by atoms with van der Waals surface area (Å²) in [7, 11) is -3.84. The van der Waals surface area contributed by atoms with Crippen molar-refractivity contribution >= 4 is 22.2 Å². The van der Waals surface area contributed by atoms with Crippen LogP contribution in [0.2, 0.25) is 0 Å². The number of rotatable bonds is 5. The predicted octanol–water partition coefficient (Wildman–Crippen LogP) is 2.51. The minimum absolute atomic E-state index is 0.280. The average molecular weight is 434 g/mol. The van der Waals surface area contributed by atoms with Crippen molar-refractivity contribution in [1.29, 1.82) is 0 Å². The number of sulfonamides is 1. The van der Waals surface area contributed by atoms with Gasteiger partial charge in [-0.15, -0.1) is 0 Å². The molecule has 0 aliphatic carbocycles. The number of para-hydroxylation sites is 1. The molecule has 3 aromatic rings. The fourth-order valence-electron chi connectivity index (χ4n) is 3.29. The maximum absolute atomic E-state index is 13.9. The number of aromatic nitrogens is 3. The van der Waals surface area contributed by atoms with E-state index in [1.807, 2.05) is 34.9 Å². The minimum atomic E-state index is -3.84. The van der Waals surface area contributed by atoms with Gasteiger partial charge in [0, 0.05) is 31.9 Å². The van der Waals surface area contributed by atoms with Gasteiger partial charge in [0.25, 0.3) is 0 Å². The van der Waals surface area contributed by atoms with Crippen molar-refractivity contribution in [2.75, 3.05) is 26.2 Å². The third kappa shape index (κ3) is 4.01. The molecule has 0 spiro atoms. The molecule has 1 aromatic heterocycles. The van der Waals surface area contributed by atoms with Gasteiger partial charge in [0.15, 0.2) is 0 Å². The summed E-state index contributed by atoms with van der Waals surface area (Å²) in [5.74, 6) is -0.729. The van der Waals surface area contributed by atoms with Gasteiger partial charge >= 0.3 is 0 Å². The average Bonchev–Trinajstić information content (AvgIpc) is 3.09. The van der Waals surface area contributed by atoms with Gasteiger partial charge in [-0.25, -0.2) is 17.5 Å². The first kappa shape index (κ1) is 19.9. The lowest BCUT2D eigenvalue weighted by atomic mass is 10.3. The Morgan fingerprint density at radius 3 is 2.31 bits per heavy atom. The molecule has 0 bridgehead atoms. The normalized spacial score (nSPS) is 16.2. The van der Waals surface area contributed by atoms with E-state index in [0.717, 1.165) is 11.8 Å². The largest absolute Gasteiger partial charge is 0.282 e. The Labute approximate surface area is 173 Å². The van der Waals surface area contributed by atoms with Crippen LogP contribution in [0, 0.1) is 10.6 Å². The Bertz CT molecular complexity index is 1150. The number of benzene rings is 2. The maximum Gasteiger partial charge on any atom is 0.246 e. The molecule has 0 atom stereocenters. The van der Waals surface area contributed by atoms with Crippen LogP contribution < -0.4 is 0 Å². The standard InChI is InChI=1S/C19H20FN5O2S2/c20-17-8-4-5-9-18(17)29(26,27)23-12-10-22(11-13-23)15-25-19(28)24(14-21-25)16-6-2-1-3-7-16/h1-9,14H,10-13,15H2. The van der Waals surface area contributed by atoms with E-state index in [-0.39, 0.29) is 18.0 Å². The lowest BCUT2D eigenvalue weighted by Gasteiger charge is -2.33. The molecule has 0 unspecified atom stereocenters. The van der Waals surface area contributed by atoms with Crippen molar-refractivity contribution in [1.82, 2.24) is 23.6 Å². The molecular formula is C19H20FN5O2S2. The molecule has 1 fully saturated rings. The molecule has 152 valence electrons. The summed E-state index contributed by atoms with van der Waals surface area (Å²) in [5, 5.41) is 4.37. The highest BCUT2D eigenvalue weighted by atomic mass is 32.2. The fourth-order valence-corrected chi connectivity index (χ4v) is 5.04. The highest BCUT2D eigenvalue weighted by Gasteiger charge is 2.30. The molecule has 0 N–H and O–H groups in total. The molecule has 29 heavy (non-hydrogen) atoms. The molecule has 1 aliphatic heterocycles. The van der Waals surface area contributed by atoms with Crippen molar-refractivity contribution in [3.8, 4) is 5.69 Å². The third-order valence-electron chi connectivity index (χ3n) is 4.89. The van der Waals surface area contributed by atoms with Crippen LogP contribution in [0.25, 0.3) is 5.69 Å². The molecule has 0 amide bonds.